The maximum atomic E-state index is 12.9. The number of benzene rings is 1. The minimum Gasteiger partial charge on any atom is -0.235 e. The van der Waals surface area contributed by atoms with Gasteiger partial charge in [0.2, 0.25) is 0 Å². The molecule has 9 heteroatoms. The van der Waals surface area contributed by atoms with Crippen LogP contribution in [-0.4, -0.2) is 9.78 Å². The van der Waals surface area contributed by atoms with Crippen LogP contribution in [0.3, 0.4) is 0 Å². The zero-order valence-corrected chi connectivity index (χ0v) is 13.6. The van der Waals surface area contributed by atoms with Gasteiger partial charge in [-0.15, -0.1) is 0 Å². The third kappa shape index (κ3) is 3.68. The first-order valence-electron chi connectivity index (χ1n) is 6.76. The second kappa shape index (κ2) is 5.68. The Balaban J connectivity index is 2.66. The molecule has 132 valence electrons. The third-order valence-electron chi connectivity index (χ3n) is 3.27. The van der Waals surface area contributed by atoms with Crippen molar-refractivity contribution in [1.82, 2.24) is 9.78 Å². The summed E-state index contributed by atoms with van der Waals surface area (Å²) in [6, 6.07) is 3.29. The van der Waals surface area contributed by atoms with Gasteiger partial charge < -0.3 is 0 Å². The van der Waals surface area contributed by atoms with Crippen molar-refractivity contribution in [2.45, 2.75) is 38.5 Å². The molecule has 0 aliphatic heterocycles. The van der Waals surface area contributed by atoms with Gasteiger partial charge in [-0.1, -0.05) is 32.4 Å². The Morgan fingerprint density at radius 1 is 0.917 bits per heavy atom. The molecule has 0 unspecified atom stereocenters. The van der Waals surface area contributed by atoms with Gasteiger partial charge in [0.25, 0.3) is 0 Å². The van der Waals surface area contributed by atoms with Crippen LogP contribution in [0.5, 0.6) is 0 Å². The molecule has 0 aliphatic carbocycles. The molecule has 2 aromatic rings. The monoisotopic (exact) mass is 370 g/mol. The average Bonchev–Trinajstić information content (AvgIpc) is 2.82. The summed E-state index contributed by atoms with van der Waals surface area (Å²) < 4.78 is 77.9. The van der Waals surface area contributed by atoms with Gasteiger partial charge in [0.05, 0.1) is 22.0 Å². The molecule has 0 bridgehead atoms. The van der Waals surface area contributed by atoms with Crippen LogP contribution >= 0.6 is 11.6 Å². The van der Waals surface area contributed by atoms with E-state index in [1.165, 1.54) is 0 Å². The van der Waals surface area contributed by atoms with E-state index in [9.17, 15) is 26.3 Å². The van der Waals surface area contributed by atoms with Crippen LogP contribution in [0, 0.1) is 0 Å². The van der Waals surface area contributed by atoms with Crippen molar-refractivity contribution in [3.63, 3.8) is 0 Å². The minimum absolute atomic E-state index is 0.0508. The summed E-state index contributed by atoms with van der Waals surface area (Å²) in [5.74, 6) is 0. The molecule has 1 aromatic carbocycles. The van der Waals surface area contributed by atoms with Crippen LogP contribution in [-0.2, 0) is 17.8 Å². The largest absolute Gasteiger partial charge is 0.435 e. The molecule has 1 heterocycles. The molecule has 0 saturated carbocycles. The Kier molecular flexibility index (Phi) is 4.41. The lowest BCUT2D eigenvalue weighted by Crippen LogP contribution is -2.18. The maximum Gasteiger partial charge on any atom is 0.435 e. The Morgan fingerprint density at radius 3 is 1.92 bits per heavy atom. The van der Waals surface area contributed by atoms with Crippen LogP contribution < -0.4 is 0 Å². The number of aromatic nitrogens is 2. The normalized spacial score (nSPS) is 13.4. The summed E-state index contributed by atoms with van der Waals surface area (Å²) >= 11 is 5.87. The van der Waals surface area contributed by atoms with Gasteiger partial charge in [-0.25, -0.2) is 4.68 Å². The molecule has 0 fully saturated rings. The summed E-state index contributed by atoms with van der Waals surface area (Å²) in [7, 11) is 0. The lowest BCUT2D eigenvalue weighted by molar-refractivity contribution is -0.141. The highest BCUT2D eigenvalue weighted by atomic mass is 35.5. The standard InChI is InChI=1S/C15H13ClF6N2/c1-13(2,3)12-7-11(15(20,21)22)23-24(12)10-5-4-8(6-9(10)16)14(17,18)19/h4-7H,1-3H3. The Labute approximate surface area is 139 Å². The lowest BCUT2D eigenvalue weighted by atomic mass is 9.91. The molecular formula is C15H13ClF6N2. The molecular weight excluding hydrogens is 358 g/mol. The second-order valence-electron chi connectivity index (χ2n) is 6.24. The van der Waals surface area contributed by atoms with E-state index in [4.69, 9.17) is 11.6 Å². The Morgan fingerprint density at radius 2 is 1.50 bits per heavy atom. The van der Waals surface area contributed by atoms with Crippen molar-refractivity contribution >= 4 is 11.6 Å². The molecule has 2 nitrogen and oxygen atoms in total. The van der Waals surface area contributed by atoms with Crippen molar-refractivity contribution in [3.05, 3.63) is 46.2 Å². The number of nitrogens with zero attached hydrogens (tertiary/aromatic N) is 2. The molecule has 0 saturated heterocycles. The number of hydrogen-bond acceptors (Lipinski definition) is 1. The fraction of sp³-hybridized carbons (Fsp3) is 0.400. The highest BCUT2D eigenvalue weighted by molar-refractivity contribution is 6.32. The summed E-state index contributed by atoms with van der Waals surface area (Å²) in [5.41, 5.74) is -2.73. The predicted octanol–water partition coefficient (Wildman–Crippen LogP) is 5.86. The van der Waals surface area contributed by atoms with E-state index in [1.54, 1.807) is 20.8 Å². The highest BCUT2D eigenvalue weighted by Gasteiger charge is 2.37. The van der Waals surface area contributed by atoms with Crippen molar-refractivity contribution < 1.29 is 26.3 Å². The van der Waals surface area contributed by atoms with Gasteiger partial charge in [-0.05, 0) is 24.3 Å². The first kappa shape index (κ1) is 18.6. The van der Waals surface area contributed by atoms with Crippen LogP contribution in [0.4, 0.5) is 26.3 Å². The summed E-state index contributed by atoms with van der Waals surface area (Å²) in [4.78, 5) is 0. The second-order valence-corrected chi connectivity index (χ2v) is 6.65. The fourth-order valence-corrected chi connectivity index (χ4v) is 2.35. The first-order chi connectivity index (χ1) is 10.7. The number of alkyl halides is 6. The topological polar surface area (TPSA) is 17.8 Å². The minimum atomic E-state index is -4.68. The molecule has 0 aliphatic rings. The van der Waals surface area contributed by atoms with Gasteiger partial charge >= 0.3 is 12.4 Å². The van der Waals surface area contributed by atoms with E-state index in [0.717, 1.165) is 22.9 Å². The van der Waals surface area contributed by atoms with E-state index in [2.05, 4.69) is 5.10 Å². The smallest absolute Gasteiger partial charge is 0.235 e. The Hall–Kier alpha value is -1.70. The number of hydrogen-bond donors (Lipinski definition) is 0. The summed E-state index contributed by atoms with van der Waals surface area (Å²) in [6.45, 7) is 5.00. The quantitative estimate of drug-likeness (QED) is 0.575. The van der Waals surface area contributed by atoms with E-state index in [1.807, 2.05) is 0 Å². The van der Waals surface area contributed by atoms with Crippen LogP contribution in [0.15, 0.2) is 24.3 Å². The molecule has 0 N–H and O–H groups in total. The number of rotatable bonds is 1. The van der Waals surface area contributed by atoms with Crippen molar-refractivity contribution in [2.75, 3.05) is 0 Å². The molecule has 2 rings (SSSR count). The average molecular weight is 371 g/mol. The van der Waals surface area contributed by atoms with Crippen LogP contribution in [0.25, 0.3) is 5.69 Å². The Bertz CT molecular complexity index is 753. The predicted molar refractivity (Wildman–Crippen MR) is 77.3 cm³/mol. The van der Waals surface area contributed by atoms with E-state index in [-0.39, 0.29) is 16.4 Å². The summed E-state index contributed by atoms with van der Waals surface area (Å²) in [6.07, 6.45) is -9.28. The van der Waals surface area contributed by atoms with Crippen LogP contribution in [0.2, 0.25) is 5.02 Å². The van der Waals surface area contributed by atoms with E-state index < -0.39 is 29.0 Å². The van der Waals surface area contributed by atoms with Gasteiger partial charge in [0.15, 0.2) is 5.69 Å². The van der Waals surface area contributed by atoms with Crippen molar-refractivity contribution in [2.24, 2.45) is 0 Å². The molecule has 0 atom stereocenters. The molecule has 0 amide bonds. The maximum absolute atomic E-state index is 12.9. The highest BCUT2D eigenvalue weighted by Crippen LogP contribution is 2.37. The molecule has 0 radical (unpaired) electrons. The van der Waals surface area contributed by atoms with Gasteiger partial charge in [-0.3, -0.25) is 0 Å². The lowest BCUT2D eigenvalue weighted by Gasteiger charge is -2.21. The van der Waals surface area contributed by atoms with Gasteiger partial charge in [-0.2, -0.15) is 31.4 Å². The van der Waals surface area contributed by atoms with Gasteiger partial charge in [0, 0.05) is 5.41 Å². The van der Waals surface area contributed by atoms with E-state index >= 15 is 0 Å². The zero-order chi connectivity index (χ0) is 18.5. The fourth-order valence-electron chi connectivity index (χ4n) is 2.09. The first-order valence-corrected chi connectivity index (χ1v) is 7.14. The van der Waals surface area contributed by atoms with E-state index in [0.29, 0.717) is 6.07 Å². The molecule has 24 heavy (non-hydrogen) atoms. The summed E-state index contributed by atoms with van der Waals surface area (Å²) in [5, 5.41) is 3.16. The molecule has 0 spiro atoms. The number of halogens is 7. The van der Waals surface area contributed by atoms with Crippen molar-refractivity contribution in [1.29, 1.82) is 0 Å². The molecule has 1 aromatic heterocycles. The third-order valence-corrected chi connectivity index (χ3v) is 3.57. The SMILES string of the molecule is CC(C)(C)c1cc(C(F)(F)F)nn1-c1ccc(C(F)(F)F)cc1Cl. The van der Waals surface area contributed by atoms with Crippen LogP contribution in [0.1, 0.15) is 37.7 Å². The zero-order valence-electron chi connectivity index (χ0n) is 12.8. The van der Waals surface area contributed by atoms with Crippen molar-refractivity contribution in [3.8, 4) is 5.69 Å². The van der Waals surface area contributed by atoms with Gasteiger partial charge in [0.1, 0.15) is 0 Å².